The smallest absolute Gasteiger partial charge is 0.250 e. The molecule has 0 bridgehead atoms. The third kappa shape index (κ3) is 5.07. The standard InChI is InChI=1S/C19H23N5O3S/c1-14(28-13-18(25)23-21-12-16-8-4-10-26-16)24(15-6-2-3-7-15)19(22-20)17-9-5-11-27-17/h4-5,8-12,15H,1-3,6-7,13,20H2,(H,23,25)/b21-12+,22-19-. The highest BCUT2D eigenvalue weighted by Crippen LogP contribution is 2.32. The second kappa shape index (κ2) is 9.84. The van der Waals surface area contributed by atoms with Gasteiger partial charge in [-0.15, -0.1) is 0 Å². The number of nitrogens with two attached hydrogens (primary N) is 1. The molecule has 3 rings (SSSR count). The van der Waals surface area contributed by atoms with Crippen molar-refractivity contribution >= 4 is 29.7 Å². The largest absolute Gasteiger partial charge is 0.463 e. The van der Waals surface area contributed by atoms with E-state index in [1.165, 1.54) is 24.2 Å². The van der Waals surface area contributed by atoms with E-state index in [0.29, 0.717) is 22.4 Å². The van der Waals surface area contributed by atoms with E-state index in [2.05, 4.69) is 22.2 Å². The van der Waals surface area contributed by atoms with Crippen molar-refractivity contribution in [2.75, 3.05) is 5.75 Å². The lowest BCUT2D eigenvalue weighted by atomic mass is 10.2. The van der Waals surface area contributed by atoms with Crippen molar-refractivity contribution < 1.29 is 13.6 Å². The van der Waals surface area contributed by atoms with Crippen LogP contribution in [0.2, 0.25) is 0 Å². The number of nitrogens with zero attached hydrogens (tertiary/aromatic N) is 3. The molecule has 28 heavy (non-hydrogen) atoms. The predicted octanol–water partition coefficient (Wildman–Crippen LogP) is 3.09. The van der Waals surface area contributed by atoms with Crippen LogP contribution in [-0.2, 0) is 4.79 Å². The number of amidine groups is 1. The lowest BCUT2D eigenvalue weighted by Crippen LogP contribution is -2.38. The third-order valence-corrected chi connectivity index (χ3v) is 5.28. The number of carbonyl (C=O) groups is 1. The number of hydrogen-bond donors (Lipinski definition) is 2. The Balaban J connectivity index is 1.60. The van der Waals surface area contributed by atoms with Gasteiger partial charge < -0.3 is 19.6 Å². The zero-order valence-electron chi connectivity index (χ0n) is 15.4. The van der Waals surface area contributed by atoms with Crippen LogP contribution in [-0.4, -0.2) is 34.7 Å². The molecule has 1 amide bonds. The molecular weight excluding hydrogens is 378 g/mol. The van der Waals surface area contributed by atoms with Crippen LogP contribution in [0.5, 0.6) is 0 Å². The second-order valence-corrected chi connectivity index (χ2v) is 7.28. The molecular formula is C19H23N5O3S. The zero-order valence-corrected chi connectivity index (χ0v) is 16.2. The van der Waals surface area contributed by atoms with Crippen LogP contribution in [0, 0.1) is 0 Å². The number of hydrazone groups is 2. The van der Waals surface area contributed by atoms with Crippen molar-refractivity contribution in [3.05, 3.63) is 59.9 Å². The summed E-state index contributed by atoms with van der Waals surface area (Å²) in [6.07, 6.45) is 8.86. The summed E-state index contributed by atoms with van der Waals surface area (Å²) in [6, 6.07) is 7.31. The van der Waals surface area contributed by atoms with Crippen LogP contribution in [0.3, 0.4) is 0 Å². The van der Waals surface area contributed by atoms with E-state index >= 15 is 0 Å². The summed E-state index contributed by atoms with van der Waals surface area (Å²) < 4.78 is 10.6. The van der Waals surface area contributed by atoms with E-state index in [-0.39, 0.29) is 17.7 Å². The molecule has 8 nitrogen and oxygen atoms in total. The molecule has 1 aliphatic carbocycles. The number of nitrogens with one attached hydrogen (secondary N) is 1. The van der Waals surface area contributed by atoms with Crippen molar-refractivity contribution in [2.24, 2.45) is 16.0 Å². The summed E-state index contributed by atoms with van der Waals surface area (Å²) in [5.74, 6) is 7.24. The van der Waals surface area contributed by atoms with E-state index in [1.54, 1.807) is 24.5 Å². The lowest BCUT2D eigenvalue weighted by Gasteiger charge is -2.31. The number of thioether (sulfide) groups is 1. The van der Waals surface area contributed by atoms with Gasteiger partial charge in [0.1, 0.15) is 5.76 Å². The highest BCUT2D eigenvalue weighted by Gasteiger charge is 2.30. The Hall–Kier alpha value is -2.94. The molecule has 0 saturated heterocycles. The van der Waals surface area contributed by atoms with Gasteiger partial charge in [-0.25, -0.2) is 5.43 Å². The van der Waals surface area contributed by atoms with Gasteiger partial charge in [0, 0.05) is 6.04 Å². The van der Waals surface area contributed by atoms with Gasteiger partial charge in [0.15, 0.2) is 11.6 Å². The van der Waals surface area contributed by atoms with Crippen LogP contribution in [0.1, 0.15) is 37.2 Å². The molecule has 148 valence electrons. The molecule has 2 aromatic rings. The van der Waals surface area contributed by atoms with Crippen molar-refractivity contribution in [1.29, 1.82) is 0 Å². The van der Waals surface area contributed by atoms with Crippen LogP contribution in [0.4, 0.5) is 0 Å². The Bertz CT molecular complexity index is 824. The first-order valence-electron chi connectivity index (χ1n) is 8.97. The summed E-state index contributed by atoms with van der Waals surface area (Å²) >= 11 is 1.31. The molecule has 3 N–H and O–H groups in total. The average Bonchev–Trinajstić information content (AvgIpc) is 3.47. The maximum Gasteiger partial charge on any atom is 0.250 e. The normalized spacial score (nSPS) is 15.2. The number of carbonyl (C=O) groups excluding carboxylic acids is 1. The quantitative estimate of drug-likeness (QED) is 0.304. The topological polar surface area (TPSA) is 109 Å². The first-order valence-corrected chi connectivity index (χ1v) is 9.95. The molecule has 1 saturated carbocycles. The Kier molecular flexibility index (Phi) is 6.96. The molecule has 2 aromatic heterocycles. The lowest BCUT2D eigenvalue weighted by molar-refractivity contribution is -0.118. The van der Waals surface area contributed by atoms with Crippen molar-refractivity contribution in [2.45, 2.75) is 31.7 Å². The fourth-order valence-electron chi connectivity index (χ4n) is 3.09. The maximum atomic E-state index is 12.1. The predicted molar refractivity (Wildman–Crippen MR) is 110 cm³/mol. The minimum atomic E-state index is -0.246. The number of amides is 1. The Morgan fingerprint density at radius 2 is 2.07 bits per heavy atom. The highest BCUT2D eigenvalue weighted by atomic mass is 32.2. The van der Waals surface area contributed by atoms with Gasteiger partial charge in [-0.2, -0.15) is 10.2 Å². The molecule has 0 atom stereocenters. The van der Waals surface area contributed by atoms with Gasteiger partial charge in [-0.3, -0.25) is 4.79 Å². The van der Waals surface area contributed by atoms with Crippen molar-refractivity contribution in [3.8, 4) is 0 Å². The Labute approximate surface area is 167 Å². The zero-order chi connectivity index (χ0) is 19.8. The van der Waals surface area contributed by atoms with Gasteiger partial charge in [-0.1, -0.05) is 31.2 Å². The summed E-state index contributed by atoms with van der Waals surface area (Å²) in [6.45, 7) is 4.15. The molecule has 2 heterocycles. The molecule has 1 fully saturated rings. The van der Waals surface area contributed by atoms with Gasteiger partial charge in [0.25, 0.3) is 0 Å². The van der Waals surface area contributed by atoms with Gasteiger partial charge in [0.05, 0.1) is 29.5 Å². The molecule has 0 radical (unpaired) electrons. The average molecular weight is 401 g/mol. The minimum absolute atomic E-state index is 0.160. The first-order chi connectivity index (χ1) is 13.7. The number of furan rings is 2. The van der Waals surface area contributed by atoms with Gasteiger partial charge in [0.2, 0.25) is 5.91 Å². The van der Waals surface area contributed by atoms with Gasteiger partial charge >= 0.3 is 0 Å². The van der Waals surface area contributed by atoms with E-state index < -0.39 is 0 Å². The van der Waals surface area contributed by atoms with Crippen LogP contribution in [0.15, 0.2) is 67.4 Å². The van der Waals surface area contributed by atoms with E-state index in [0.717, 1.165) is 25.7 Å². The van der Waals surface area contributed by atoms with Crippen molar-refractivity contribution in [3.63, 3.8) is 0 Å². The van der Waals surface area contributed by atoms with Crippen LogP contribution >= 0.6 is 11.8 Å². The fourth-order valence-corrected chi connectivity index (χ4v) is 3.83. The maximum absolute atomic E-state index is 12.1. The first kappa shape index (κ1) is 19.8. The van der Waals surface area contributed by atoms with E-state index in [9.17, 15) is 4.79 Å². The summed E-state index contributed by atoms with van der Waals surface area (Å²) in [7, 11) is 0. The van der Waals surface area contributed by atoms with Crippen LogP contribution < -0.4 is 11.3 Å². The molecule has 0 aliphatic heterocycles. The summed E-state index contributed by atoms with van der Waals surface area (Å²) in [5.41, 5.74) is 2.47. The van der Waals surface area contributed by atoms with E-state index in [1.807, 2.05) is 11.0 Å². The molecule has 0 spiro atoms. The van der Waals surface area contributed by atoms with Crippen molar-refractivity contribution in [1.82, 2.24) is 10.3 Å². The van der Waals surface area contributed by atoms with Crippen LogP contribution in [0.25, 0.3) is 0 Å². The molecule has 1 aliphatic rings. The highest BCUT2D eigenvalue weighted by molar-refractivity contribution is 8.03. The molecule has 9 heteroatoms. The van der Waals surface area contributed by atoms with Gasteiger partial charge in [-0.05, 0) is 37.1 Å². The van der Waals surface area contributed by atoms with E-state index in [4.69, 9.17) is 14.7 Å². The minimum Gasteiger partial charge on any atom is -0.463 e. The monoisotopic (exact) mass is 401 g/mol. The number of hydrogen-bond acceptors (Lipinski definition) is 7. The Morgan fingerprint density at radius 3 is 2.71 bits per heavy atom. The molecule has 0 unspecified atom stereocenters. The third-order valence-electron chi connectivity index (χ3n) is 4.34. The molecule has 0 aromatic carbocycles. The number of rotatable bonds is 8. The summed E-state index contributed by atoms with van der Waals surface area (Å²) in [5, 5.41) is 8.51. The second-order valence-electron chi connectivity index (χ2n) is 6.23. The Morgan fingerprint density at radius 1 is 1.32 bits per heavy atom. The summed E-state index contributed by atoms with van der Waals surface area (Å²) in [4.78, 5) is 14.1. The fraction of sp³-hybridized carbons (Fsp3) is 0.316. The SMILES string of the molecule is C=C(SCC(=O)N/N=C/c1ccco1)N(/C(=N\N)c1ccco1)C1CCCC1.